The molecule has 33 heavy (non-hydrogen) atoms. The molecule has 0 atom stereocenters. The summed E-state index contributed by atoms with van der Waals surface area (Å²) in [5.41, 5.74) is 1.80. The summed E-state index contributed by atoms with van der Waals surface area (Å²) in [6.45, 7) is 3.14. The van der Waals surface area contributed by atoms with Crippen LogP contribution in [0.3, 0.4) is 0 Å². The summed E-state index contributed by atoms with van der Waals surface area (Å²) >= 11 is 0. The first-order chi connectivity index (χ1) is 15.8. The van der Waals surface area contributed by atoms with Crippen LogP contribution in [-0.2, 0) is 4.79 Å². The minimum absolute atomic E-state index is 0.0294. The molecule has 8 nitrogen and oxygen atoms in total. The van der Waals surface area contributed by atoms with Gasteiger partial charge in [-0.05, 0) is 37.3 Å². The minimum atomic E-state index is -0.780. The maximum absolute atomic E-state index is 14.9. The monoisotopic (exact) mass is 448 g/mol. The summed E-state index contributed by atoms with van der Waals surface area (Å²) in [7, 11) is 1.65. The number of nitrogens with one attached hydrogen (secondary N) is 2. The smallest absolute Gasteiger partial charge is 0.242 e. The van der Waals surface area contributed by atoms with Crippen LogP contribution in [0, 0.1) is 29.9 Å². The zero-order valence-electron chi connectivity index (χ0n) is 17.9. The average molecular weight is 448 g/mol. The highest BCUT2D eigenvalue weighted by atomic mass is 19.1. The Kier molecular flexibility index (Phi) is 5.62. The molecule has 0 aliphatic carbocycles. The van der Waals surface area contributed by atoms with Crippen LogP contribution >= 0.6 is 0 Å². The van der Waals surface area contributed by atoms with E-state index in [2.05, 4.69) is 20.3 Å². The average Bonchev–Trinajstić information content (AvgIpc) is 3.20. The molecule has 4 aromatic rings. The largest absolute Gasteiger partial charge is 0.434 e. The number of amides is 1. The molecule has 0 radical (unpaired) electrons. The number of anilines is 3. The summed E-state index contributed by atoms with van der Waals surface area (Å²) < 4.78 is 34.8. The minimum Gasteiger partial charge on any atom is -0.434 e. The maximum atomic E-state index is 14.9. The number of halogens is 2. The number of aromatic amines is 1. The van der Waals surface area contributed by atoms with Crippen molar-refractivity contribution in [1.29, 1.82) is 5.26 Å². The van der Waals surface area contributed by atoms with Gasteiger partial charge in [0.25, 0.3) is 0 Å². The van der Waals surface area contributed by atoms with Crippen molar-refractivity contribution < 1.29 is 18.3 Å². The van der Waals surface area contributed by atoms with Gasteiger partial charge in [-0.15, -0.1) is 0 Å². The first-order valence-electron chi connectivity index (χ1n) is 9.80. The van der Waals surface area contributed by atoms with E-state index in [0.29, 0.717) is 17.1 Å². The van der Waals surface area contributed by atoms with Gasteiger partial charge in [0.15, 0.2) is 28.8 Å². The fourth-order valence-electron chi connectivity index (χ4n) is 3.24. The Bertz CT molecular complexity index is 1410. The lowest BCUT2D eigenvalue weighted by Gasteiger charge is -2.16. The van der Waals surface area contributed by atoms with Crippen molar-refractivity contribution in [1.82, 2.24) is 15.0 Å². The Morgan fingerprint density at radius 2 is 1.94 bits per heavy atom. The molecule has 166 valence electrons. The number of benzene rings is 2. The number of nitrogens with zero attached hydrogens (tertiary/aromatic N) is 4. The number of fused-ring (bicyclic) bond motifs is 1. The van der Waals surface area contributed by atoms with E-state index in [0.717, 1.165) is 12.4 Å². The molecular formula is C23H18F2N6O2. The summed E-state index contributed by atoms with van der Waals surface area (Å²) in [5.74, 6) is -2.11. The number of hydrogen-bond donors (Lipinski definition) is 2. The van der Waals surface area contributed by atoms with Gasteiger partial charge >= 0.3 is 0 Å². The SMILES string of the molecule is CC(=O)N(C)c1ccc(Nc2ncnc(Oc3cc(F)c4[nH]c(C)cc4c3F)c2C#N)cc1. The molecule has 0 aliphatic rings. The Labute approximate surface area is 187 Å². The number of carbonyl (C=O) groups is 1. The summed E-state index contributed by atoms with van der Waals surface area (Å²) in [4.78, 5) is 23.7. The number of hydrogen-bond acceptors (Lipinski definition) is 6. The van der Waals surface area contributed by atoms with E-state index in [4.69, 9.17) is 4.74 Å². The van der Waals surface area contributed by atoms with Crippen molar-refractivity contribution in [3.05, 3.63) is 65.6 Å². The number of rotatable bonds is 5. The van der Waals surface area contributed by atoms with Gasteiger partial charge in [0.1, 0.15) is 12.4 Å². The van der Waals surface area contributed by atoms with Gasteiger partial charge in [-0.2, -0.15) is 5.26 Å². The fourth-order valence-corrected chi connectivity index (χ4v) is 3.24. The van der Waals surface area contributed by atoms with Crippen LogP contribution in [0.2, 0.25) is 0 Å². The normalized spacial score (nSPS) is 10.7. The summed E-state index contributed by atoms with van der Waals surface area (Å²) in [6.07, 6.45) is 1.14. The Hall–Kier alpha value is -4.52. The number of aromatic nitrogens is 3. The van der Waals surface area contributed by atoms with Gasteiger partial charge in [-0.1, -0.05) is 0 Å². The van der Waals surface area contributed by atoms with Gasteiger partial charge in [-0.3, -0.25) is 4.79 Å². The van der Waals surface area contributed by atoms with Crippen LogP contribution in [-0.4, -0.2) is 27.9 Å². The zero-order valence-corrected chi connectivity index (χ0v) is 17.9. The quantitative estimate of drug-likeness (QED) is 0.448. The van der Waals surface area contributed by atoms with Crippen LogP contribution < -0.4 is 15.0 Å². The highest BCUT2D eigenvalue weighted by molar-refractivity contribution is 5.91. The highest BCUT2D eigenvalue weighted by Gasteiger charge is 2.20. The molecule has 0 unspecified atom stereocenters. The van der Waals surface area contributed by atoms with Gasteiger partial charge in [0.05, 0.1) is 5.52 Å². The Morgan fingerprint density at radius 1 is 1.21 bits per heavy atom. The van der Waals surface area contributed by atoms with E-state index in [1.54, 1.807) is 38.2 Å². The van der Waals surface area contributed by atoms with E-state index in [1.165, 1.54) is 17.9 Å². The second kappa shape index (κ2) is 8.55. The third-order valence-electron chi connectivity index (χ3n) is 5.02. The summed E-state index contributed by atoms with van der Waals surface area (Å²) in [5, 5.41) is 12.7. The third kappa shape index (κ3) is 4.16. The van der Waals surface area contributed by atoms with Crippen molar-refractivity contribution in [2.24, 2.45) is 0 Å². The number of carbonyl (C=O) groups excluding carboxylic acids is 1. The van der Waals surface area contributed by atoms with E-state index in [-0.39, 0.29) is 34.1 Å². The van der Waals surface area contributed by atoms with Crippen molar-refractivity contribution in [3.63, 3.8) is 0 Å². The second-order valence-corrected chi connectivity index (χ2v) is 7.28. The highest BCUT2D eigenvalue weighted by Crippen LogP contribution is 2.34. The first kappa shape index (κ1) is 21.7. The second-order valence-electron chi connectivity index (χ2n) is 7.28. The molecule has 0 spiro atoms. The molecule has 0 bridgehead atoms. The van der Waals surface area contributed by atoms with Crippen LogP contribution in [0.4, 0.5) is 26.0 Å². The van der Waals surface area contributed by atoms with Gasteiger partial charge in [0, 0.05) is 42.5 Å². The van der Waals surface area contributed by atoms with Gasteiger partial charge in [-0.25, -0.2) is 18.7 Å². The third-order valence-corrected chi connectivity index (χ3v) is 5.02. The summed E-state index contributed by atoms with van der Waals surface area (Å²) in [6, 6.07) is 11.2. The van der Waals surface area contributed by atoms with Gasteiger partial charge in [0.2, 0.25) is 11.8 Å². The van der Waals surface area contributed by atoms with Crippen molar-refractivity contribution in [2.45, 2.75) is 13.8 Å². The fraction of sp³-hybridized carbons (Fsp3) is 0.130. The lowest BCUT2D eigenvalue weighted by atomic mass is 10.2. The lowest BCUT2D eigenvalue weighted by molar-refractivity contribution is -0.116. The Balaban J connectivity index is 1.65. The van der Waals surface area contributed by atoms with E-state index in [1.807, 2.05) is 6.07 Å². The van der Waals surface area contributed by atoms with Crippen LogP contribution in [0.5, 0.6) is 11.6 Å². The zero-order chi connectivity index (χ0) is 23.7. The lowest BCUT2D eigenvalue weighted by Crippen LogP contribution is -2.22. The van der Waals surface area contributed by atoms with Gasteiger partial charge < -0.3 is 19.9 Å². The van der Waals surface area contributed by atoms with Crippen molar-refractivity contribution >= 4 is 34.0 Å². The topological polar surface area (TPSA) is 107 Å². The molecule has 10 heteroatoms. The maximum Gasteiger partial charge on any atom is 0.242 e. The molecule has 2 aromatic heterocycles. The molecule has 2 N–H and O–H groups in total. The molecular weight excluding hydrogens is 430 g/mol. The first-order valence-corrected chi connectivity index (χ1v) is 9.80. The number of ether oxygens (including phenoxy) is 1. The number of aryl methyl sites for hydroxylation is 1. The molecule has 0 aliphatic heterocycles. The molecule has 2 heterocycles. The van der Waals surface area contributed by atoms with E-state index >= 15 is 0 Å². The Morgan fingerprint density at radius 3 is 2.61 bits per heavy atom. The van der Waals surface area contributed by atoms with E-state index in [9.17, 15) is 18.8 Å². The number of nitriles is 1. The standard InChI is InChI=1S/C23H18F2N6O2/c1-12-8-16-20(25)19(9-18(24)21(16)29-12)33-23-17(10-26)22(27-11-28-23)30-14-4-6-15(7-5-14)31(3)13(2)32/h4-9,11,29H,1-3H3,(H,27,28,30). The molecule has 0 fully saturated rings. The molecule has 2 aromatic carbocycles. The predicted molar refractivity (Wildman–Crippen MR) is 119 cm³/mol. The molecule has 1 amide bonds. The van der Waals surface area contributed by atoms with Crippen LogP contribution in [0.25, 0.3) is 10.9 Å². The van der Waals surface area contributed by atoms with Crippen molar-refractivity contribution in [2.75, 3.05) is 17.3 Å². The molecule has 0 saturated carbocycles. The van der Waals surface area contributed by atoms with Crippen LogP contribution in [0.1, 0.15) is 18.2 Å². The van der Waals surface area contributed by atoms with E-state index < -0.39 is 17.4 Å². The predicted octanol–water partition coefficient (Wildman–Crippen LogP) is 4.93. The van der Waals surface area contributed by atoms with Crippen molar-refractivity contribution in [3.8, 4) is 17.7 Å². The number of H-pyrrole nitrogens is 1. The van der Waals surface area contributed by atoms with Crippen LogP contribution in [0.15, 0.2) is 42.7 Å². The molecule has 4 rings (SSSR count). The molecule has 0 saturated heterocycles.